The number of benzene rings is 2. The molecule has 3 amide bonds. The number of likely N-dealkylation sites (tertiary alicyclic amines) is 1. The maximum absolute atomic E-state index is 14.0. The number of nitrogens with one attached hydrogen (secondary N) is 1. The molecule has 2 heterocycles. The van der Waals surface area contributed by atoms with Crippen LogP contribution in [-0.2, 0) is 28.5 Å². The van der Waals surface area contributed by atoms with E-state index in [2.05, 4.69) is 15.3 Å². The van der Waals surface area contributed by atoms with Crippen LogP contribution in [0, 0.1) is 18.7 Å². The Morgan fingerprint density at radius 1 is 0.978 bits per heavy atom. The number of aromatic nitrogens is 2. The first-order chi connectivity index (χ1) is 20.9. The molecule has 0 saturated carbocycles. The van der Waals surface area contributed by atoms with Crippen LogP contribution in [0.4, 0.5) is 36.7 Å². The molecule has 0 spiro atoms. The predicted octanol–water partition coefficient (Wildman–Crippen LogP) is 5.82. The molecular formula is C30H28F7N5O3. The SMILES string of the molecule is CC(=O)Nc1ncc(C(=O)N2CCC(C(=O)N(C)Cc3cc(C(F)(F)F)cc(C(F)(F)F)c3)C(c3ccc(F)cc3C)C2)cn1. The highest BCUT2D eigenvalue weighted by Crippen LogP contribution is 2.38. The van der Waals surface area contributed by atoms with Crippen molar-refractivity contribution in [3.8, 4) is 0 Å². The summed E-state index contributed by atoms with van der Waals surface area (Å²) in [6.07, 6.45) is -7.53. The zero-order chi connectivity index (χ0) is 33.3. The van der Waals surface area contributed by atoms with Crippen LogP contribution in [0.15, 0.2) is 48.8 Å². The first-order valence-electron chi connectivity index (χ1n) is 13.6. The lowest BCUT2D eigenvalue weighted by atomic mass is 9.78. The molecule has 1 aliphatic heterocycles. The van der Waals surface area contributed by atoms with Crippen LogP contribution >= 0.6 is 0 Å². The van der Waals surface area contributed by atoms with Gasteiger partial charge in [-0.25, -0.2) is 14.4 Å². The van der Waals surface area contributed by atoms with E-state index in [0.717, 1.165) is 4.90 Å². The van der Waals surface area contributed by atoms with E-state index in [4.69, 9.17) is 0 Å². The number of alkyl halides is 6. The topological polar surface area (TPSA) is 95.5 Å². The maximum Gasteiger partial charge on any atom is 0.416 e. The molecule has 1 saturated heterocycles. The summed E-state index contributed by atoms with van der Waals surface area (Å²) in [4.78, 5) is 48.7. The van der Waals surface area contributed by atoms with Gasteiger partial charge in [-0.1, -0.05) is 6.07 Å². The van der Waals surface area contributed by atoms with Crippen molar-refractivity contribution in [3.05, 3.63) is 88.0 Å². The number of hydrogen-bond acceptors (Lipinski definition) is 5. The Morgan fingerprint density at radius 2 is 1.58 bits per heavy atom. The second kappa shape index (κ2) is 12.8. The normalized spacial score (nSPS) is 17.2. The Balaban J connectivity index is 1.61. The van der Waals surface area contributed by atoms with Crippen LogP contribution in [0.25, 0.3) is 0 Å². The first-order valence-corrected chi connectivity index (χ1v) is 13.6. The number of carbonyl (C=O) groups is 3. The lowest BCUT2D eigenvalue weighted by molar-refractivity contribution is -0.143. The van der Waals surface area contributed by atoms with E-state index >= 15 is 0 Å². The van der Waals surface area contributed by atoms with Crippen molar-refractivity contribution in [2.24, 2.45) is 5.92 Å². The minimum atomic E-state index is -5.04. The number of rotatable bonds is 6. The van der Waals surface area contributed by atoms with E-state index in [0.29, 0.717) is 23.3 Å². The predicted molar refractivity (Wildman–Crippen MR) is 147 cm³/mol. The molecule has 4 rings (SSSR count). The van der Waals surface area contributed by atoms with Crippen molar-refractivity contribution >= 4 is 23.7 Å². The highest BCUT2D eigenvalue weighted by Gasteiger charge is 2.40. The van der Waals surface area contributed by atoms with Crippen LogP contribution in [0.5, 0.6) is 0 Å². The number of piperidine rings is 1. The van der Waals surface area contributed by atoms with Crippen LogP contribution in [0.2, 0.25) is 0 Å². The monoisotopic (exact) mass is 639 g/mol. The quantitative estimate of drug-likeness (QED) is 0.343. The molecule has 1 aromatic heterocycles. The molecule has 45 heavy (non-hydrogen) atoms. The number of hydrogen-bond donors (Lipinski definition) is 1. The van der Waals surface area contributed by atoms with Crippen LogP contribution in [-0.4, -0.2) is 57.6 Å². The fourth-order valence-corrected chi connectivity index (χ4v) is 5.39. The summed E-state index contributed by atoms with van der Waals surface area (Å²) >= 11 is 0. The van der Waals surface area contributed by atoms with Crippen LogP contribution in [0.3, 0.4) is 0 Å². The van der Waals surface area contributed by atoms with E-state index in [1.54, 1.807) is 6.92 Å². The number of amides is 3. The molecule has 0 radical (unpaired) electrons. The van der Waals surface area contributed by atoms with Gasteiger partial charge in [-0.05, 0) is 60.4 Å². The first kappa shape index (κ1) is 33.3. The Hall–Kier alpha value is -4.56. The number of nitrogens with zero attached hydrogens (tertiary/aromatic N) is 4. The highest BCUT2D eigenvalue weighted by atomic mass is 19.4. The summed E-state index contributed by atoms with van der Waals surface area (Å²) in [6, 6.07) is 5.10. The molecule has 3 aromatic rings. The Bertz CT molecular complexity index is 1560. The Labute approximate surface area is 253 Å². The standard InChI is InChI=1S/C30H28F7N5O3/c1-16-8-22(31)4-5-23(16)25-15-42(26(44)19-12-38-28(39-13-19)40-17(2)43)7-6-24(25)27(45)41(3)14-18-9-20(29(32,33)34)11-21(10-18)30(35,36)37/h4-5,8-13,24-25H,6-7,14-15H2,1-3H3,(H,38,39,40,43). The van der Waals surface area contributed by atoms with Gasteiger partial charge in [0.05, 0.1) is 16.7 Å². The Morgan fingerprint density at radius 3 is 2.11 bits per heavy atom. The van der Waals surface area contributed by atoms with Crippen molar-refractivity contribution in [2.45, 2.75) is 45.1 Å². The lowest BCUT2D eigenvalue weighted by Gasteiger charge is -2.40. The van der Waals surface area contributed by atoms with E-state index in [9.17, 15) is 45.1 Å². The van der Waals surface area contributed by atoms with Gasteiger partial charge in [0.25, 0.3) is 5.91 Å². The molecule has 2 unspecified atom stereocenters. The molecule has 1 fully saturated rings. The van der Waals surface area contributed by atoms with Gasteiger partial charge in [0.2, 0.25) is 17.8 Å². The fourth-order valence-electron chi connectivity index (χ4n) is 5.39. The zero-order valence-electron chi connectivity index (χ0n) is 24.3. The van der Waals surface area contributed by atoms with Gasteiger partial charge in [-0.15, -0.1) is 0 Å². The summed E-state index contributed by atoms with van der Waals surface area (Å²) < 4.78 is 94.3. The van der Waals surface area contributed by atoms with Gasteiger partial charge in [-0.2, -0.15) is 26.3 Å². The molecule has 15 heteroatoms. The molecule has 240 valence electrons. The Kier molecular flexibility index (Phi) is 9.49. The van der Waals surface area contributed by atoms with Crippen molar-refractivity contribution in [1.82, 2.24) is 19.8 Å². The molecule has 2 atom stereocenters. The van der Waals surface area contributed by atoms with Gasteiger partial charge in [0, 0.05) is 57.8 Å². The second-order valence-electron chi connectivity index (χ2n) is 10.8. The number of halogens is 7. The van der Waals surface area contributed by atoms with E-state index in [1.165, 1.54) is 49.5 Å². The average Bonchev–Trinajstić information content (AvgIpc) is 2.95. The summed E-state index contributed by atoms with van der Waals surface area (Å²) in [5.74, 6) is -3.51. The highest BCUT2D eigenvalue weighted by molar-refractivity contribution is 5.94. The van der Waals surface area contributed by atoms with Gasteiger partial charge in [-0.3, -0.25) is 19.7 Å². The third-order valence-corrected chi connectivity index (χ3v) is 7.48. The zero-order valence-corrected chi connectivity index (χ0v) is 24.3. The van der Waals surface area contributed by atoms with E-state index in [-0.39, 0.29) is 42.7 Å². The summed E-state index contributed by atoms with van der Waals surface area (Å²) in [5, 5.41) is 2.39. The molecule has 0 bridgehead atoms. The third kappa shape index (κ3) is 7.94. The van der Waals surface area contributed by atoms with Gasteiger partial charge in [0.15, 0.2) is 0 Å². The largest absolute Gasteiger partial charge is 0.416 e. The van der Waals surface area contributed by atoms with Gasteiger partial charge in [0.1, 0.15) is 5.82 Å². The fraction of sp³-hybridized carbons (Fsp3) is 0.367. The maximum atomic E-state index is 14.0. The minimum absolute atomic E-state index is 0.00525. The average molecular weight is 640 g/mol. The van der Waals surface area contributed by atoms with E-state index in [1.807, 2.05) is 0 Å². The van der Waals surface area contributed by atoms with Gasteiger partial charge >= 0.3 is 12.4 Å². The second-order valence-corrected chi connectivity index (χ2v) is 10.8. The number of aryl methyl sites for hydroxylation is 1. The molecule has 0 aliphatic carbocycles. The van der Waals surface area contributed by atoms with Crippen LogP contribution in [0.1, 0.15) is 57.4 Å². The molecular weight excluding hydrogens is 611 g/mol. The van der Waals surface area contributed by atoms with Crippen molar-refractivity contribution in [1.29, 1.82) is 0 Å². The summed E-state index contributed by atoms with van der Waals surface area (Å²) in [7, 11) is 1.27. The number of carbonyl (C=O) groups excluding carboxylic acids is 3. The van der Waals surface area contributed by atoms with Gasteiger partial charge < -0.3 is 9.80 Å². The minimum Gasteiger partial charge on any atom is -0.341 e. The summed E-state index contributed by atoms with van der Waals surface area (Å²) in [6.45, 7) is 2.42. The lowest BCUT2D eigenvalue weighted by Crippen LogP contribution is -2.47. The molecule has 1 N–H and O–H groups in total. The molecule has 8 nitrogen and oxygen atoms in total. The van der Waals surface area contributed by atoms with E-state index < -0.39 is 65.4 Å². The van der Waals surface area contributed by atoms with Crippen molar-refractivity contribution < 1.29 is 45.1 Å². The van der Waals surface area contributed by atoms with Crippen molar-refractivity contribution in [3.63, 3.8) is 0 Å². The third-order valence-electron chi connectivity index (χ3n) is 7.48. The molecule has 2 aromatic carbocycles. The summed E-state index contributed by atoms with van der Waals surface area (Å²) in [5.41, 5.74) is -2.20. The molecule has 1 aliphatic rings. The smallest absolute Gasteiger partial charge is 0.341 e. The van der Waals surface area contributed by atoms with Crippen molar-refractivity contribution in [2.75, 3.05) is 25.5 Å². The number of anilines is 1. The van der Waals surface area contributed by atoms with Crippen LogP contribution < -0.4 is 5.32 Å².